The van der Waals surface area contributed by atoms with E-state index in [4.69, 9.17) is 11.6 Å². The highest BCUT2D eigenvalue weighted by atomic mass is 35.5. The maximum atomic E-state index is 12.9. The maximum Gasteiger partial charge on any atom is 0.282 e. The first-order valence-electron chi connectivity index (χ1n) is 9.43. The number of thioether (sulfide) groups is 1. The van der Waals surface area contributed by atoms with Crippen LogP contribution in [0.5, 0.6) is 0 Å². The Bertz CT molecular complexity index is 1170. The van der Waals surface area contributed by atoms with Gasteiger partial charge in [0, 0.05) is 5.02 Å². The number of benzene rings is 2. The van der Waals surface area contributed by atoms with E-state index in [1.54, 1.807) is 30.0 Å². The molecular formula is C22H18ClN5O2S. The molecule has 156 valence electrons. The average Bonchev–Trinajstić information content (AvgIpc) is 3.30. The smallest absolute Gasteiger partial charge is 0.282 e. The van der Waals surface area contributed by atoms with Gasteiger partial charge in [-0.15, -0.1) is 5.10 Å². The summed E-state index contributed by atoms with van der Waals surface area (Å²) in [6.07, 6.45) is 1.74. The summed E-state index contributed by atoms with van der Waals surface area (Å²) >= 11 is 7.24. The predicted molar refractivity (Wildman–Crippen MR) is 127 cm³/mol. The van der Waals surface area contributed by atoms with Crippen LogP contribution in [0, 0.1) is 0 Å². The van der Waals surface area contributed by atoms with Crippen molar-refractivity contribution in [3.63, 3.8) is 0 Å². The molecule has 0 saturated carbocycles. The number of nitrogens with zero attached hydrogens (tertiary/aromatic N) is 4. The summed E-state index contributed by atoms with van der Waals surface area (Å²) in [5.74, 6) is 0.703. The highest BCUT2D eigenvalue weighted by Crippen LogP contribution is 2.26. The van der Waals surface area contributed by atoms with Gasteiger partial charge in [0.05, 0.1) is 17.2 Å². The fourth-order valence-electron chi connectivity index (χ4n) is 3.06. The topological polar surface area (TPSA) is 86.5 Å². The lowest BCUT2D eigenvalue weighted by atomic mass is 10.1. The van der Waals surface area contributed by atoms with Gasteiger partial charge in [0.2, 0.25) is 5.91 Å². The number of hydrogen-bond donors (Lipinski definition) is 1. The molecular weight excluding hydrogens is 434 g/mol. The van der Waals surface area contributed by atoms with Gasteiger partial charge in [0.1, 0.15) is 11.5 Å². The highest BCUT2D eigenvalue weighted by molar-refractivity contribution is 8.15. The van der Waals surface area contributed by atoms with E-state index in [0.717, 1.165) is 11.1 Å². The molecule has 9 heteroatoms. The van der Waals surface area contributed by atoms with Crippen molar-refractivity contribution in [3.05, 3.63) is 70.4 Å². The molecule has 0 bridgehead atoms. The third kappa shape index (κ3) is 4.76. The van der Waals surface area contributed by atoms with Gasteiger partial charge in [0.15, 0.2) is 5.17 Å². The second kappa shape index (κ2) is 8.87. The van der Waals surface area contributed by atoms with Crippen LogP contribution in [-0.4, -0.2) is 34.3 Å². The van der Waals surface area contributed by atoms with Gasteiger partial charge < -0.3 is 5.32 Å². The first kappa shape index (κ1) is 21.0. The summed E-state index contributed by atoms with van der Waals surface area (Å²) in [6.45, 7) is 3.63. The zero-order chi connectivity index (χ0) is 22.0. The Balaban J connectivity index is 1.51. The molecule has 1 saturated heterocycles. The molecule has 0 spiro atoms. The third-order valence-corrected chi connectivity index (χ3v) is 5.74. The summed E-state index contributed by atoms with van der Waals surface area (Å²) in [4.78, 5) is 30.1. The van der Waals surface area contributed by atoms with E-state index in [0.29, 0.717) is 38.9 Å². The molecule has 2 amide bonds. The van der Waals surface area contributed by atoms with Crippen molar-refractivity contribution in [2.45, 2.75) is 13.8 Å². The van der Waals surface area contributed by atoms with E-state index in [2.05, 4.69) is 20.5 Å². The molecule has 0 radical (unpaired) electrons. The molecule has 0 atom stereocenters. The SMILES string of the molecule is CC1=N/C(=C\c2ccc(Cl)cc2)C(=O)N1c1ccc(/C(C)=N/N=C2/NC(=O)CS2)cc1. The normalized spacial score (nSPS) is 19.4. The van der Waals surface area contributed by atoms with Crippen LogP contribution < -0.4 is 10.2 Å². The van der Waals surface area contributed by atoms with E-state index in [-0.39, 0.29) is 11.8 Å². The molecule has 2 aliphatic heterocycles. The second-order valence-electron chi connectivity index (χ2n) is 6.85. The molecule has 2 heterocycles. The molecule has 31 heavy (non-hydrogen) atoms. The molecule has 0 unspecified atom stereocenters. The number of nitrogens with one attached hydrogen (secondary N) is 1. The quantitative estimate of drug-likeness (QED) is 0.431. The average molecular weight is 452 g/mol. The van der Waals surface area contributed by atoms with Crippen LogP contribution in [0.3, 0.4) is 0 Å². The van der Waals surface area contributed by atoms with Gasteiger partial charge >= 0.3 is 0 Å². The largest absolute Gasteiger partial charge is 0.303 e. The minimum absolute atomic E-state index is 0.0715. The molecule has 0 aliphatic carbocycles. The minimum atomic E-state index is -0.189. The van der Waals surface area contributed by atoms with Crippen molar-refractivity contribution < 1.29 is 9.59 Å². The monoisotopic (exact) mass is 451 g/mol. The van der Waals surface area contributed by atoms with Crippen molar-refractivity contribution >= 4 is 63.7 Å². The predicted octanol–water partition coefficient (Wildman–Crippen LogP) is 4.09. The van der Waals surface area contributed by atoms with Gasteiger partial charge in [-0.25, -0.2) is 4.99 Å². The van der Waals surface area contributed by atoms with Crippen molar-refractivity contribution in [2.24, 2.45) is 15.2 Å². The molecule has 0 aromatic heterocycles. The fraction of sp³-hybridized carbons (Fsp3) is 0.136. The van der Waals surface area contributed by atoms with Crippen molar-refractivity contribution in [2.75, 3.05) is 10.7 Å². The number of amides is 2. The number of aliphatic imine (C=N–C) groups is 1. The van der Waals surface area contributed by atoms with Gasteiger partial charge in [-0.2, -0.15) is 5.10 Å². The Kier molecular flexibility index (Phi) is 6.01. The van der Waals surface area contributed by atoms with Crippen LogP contribution >= 0.6 is 23.4 Å². The van der Waals surface area contributed by atoms with Gasteiger partial charge in [0.25, 0.3) is 5.91 Å². The Morgan fingerprint density at radius 1 is 1.16 bits per heavy atom. The van der Waals surface area contributed by atoms with Gasteiger partial charge in [-0.05, 0) is 55.3 Å². The zero-order valence-corrected chi connectivity index (χ0v) is 18.4. The molecule has 1 N–H and O–H groups in total. The summed E-state index contributed by atoms with van der Waals surface area (Å²) in [6, 6.07) is 14.7. The van der Waals surface area contributed by atoms with Crippen LogP contribution in [-0.2, 0) is 9.59 Å². The van der Waals surface area contributed by atoms with Crippen LogP contribution in [0.25, 0.3) is 6.08 Å². The summed E-state index contributed by atoms with van der Waals surface area (Å²) in [5, 5.41) is 12.0. The standard InChI is InChI=1S/C22H18ClN5O2S/c1-13(26-27-22-25-20(29)12-31-22)16-5-9-18(10-6-16)28-14(2)24-19(21(28)30)11-15-3-7-17(23)8-4-15/h3-11H,12H2,1-2H3,(H,25,27,29)/b19-11-,26-13+. The van der Waals surface area contributed by atoms with E-state index in [1.807, 2.05) is 43.3 Å². The Labute approximate surface area is 188 Å². The summed E-state index contributed by atoms with van der Waals surface area (Å²) < 4.78 is 0. The lowest BCUT2D eigenvalue weighted by Gasteiger charge is -2.16. The highest BCUT2D eigenvalue weighted by Gasteiger charge is 2.28. The number of carbonyl (C=O) groups excluding carboxylic acids is 2. The van der Waals surface area contributed by atoms with E-state index < -0.39 is 0 Å². The van der Waals surface area contributed by atoms with Crippen LogP contribution in [0.15, 0.2) is 69.4 Å². The number of halogens is 1. The number of hydrogen-bond acceptors (Lipinski definition) is 6. The van der Waals surface area contributed by atoms with Gasteiger partial charge in [-0.3, -0.25) is 14.5 Å². The molecule has 4 rings (SSSR count). The Morgan fingerprint density at radius 3 is 2.52 bits per heavy atom. The molecule has 2 aliphatic rings. The molecule has 7 nitrogen and oxygen atoms in total. The van der Waals surface area contributed by atoms with Gasteiger partial charge in [-0.1, -0.05) is 47.6 Å². The summed E-state index contributed by atoms with van der Waals surface area (Å²) in [7, 11) is 0. The lowest BCUT2D eigenvalue weighted by Crippen LogP contribution is -2.30. The van der Waals surface area contributed by atoms with E-state index in [1.165, 1.54) is 11.8 Å². The summed E-state index contributed by atoms with van der Waals surface area (Å²) in [5.41, 5.74) is 3.50. The molecule has 2 aromatic rings. The van der Waals surface area contributed by atoms with Crippen LogP contribution in [0.4, 0.5) is 5.69 Å². The van der Waals surface area contributed by atoms with Crippen LogP contribution in [0.2, 0.25) is 5.02 Å². The number of anilines is 1. The third-order valence-electron chi connectivity index (χ3n) is 4.62. The zero-order valence-electron chi connectivity index (χ0n) is 16.8. The van der Waals surface area contributed by atoms with Crippen molar-refractivity contribution in [1.82, 2.24) is 5.32 Å². The molecule has 2 aromatic carbocycles. The number of amidine groups is 2. The van der Waals surface area contributed by atoms with E-state index in [9.17, 15) is 9.59 Å². The second-order valence-corrected chi connectivity index (χ2v) is 8.26. The molecule has 1 fully saturated rings. The minimum Gasteiger partial charge on any atom is -0.303 e. The first-order valence-corrected chi connectivity index (χ1v) is 10.8. The van der Waals surface area contributed by atoms with E-state index >= 15 is 0 Å². The number of carbonyl (C=O) groups is 2. The maximum absolute atomic E-state index is 12.9. The fourth-order valence-corrected chi connectivity index (χ4v) is 3.81. The van der Waals surface area contributed by atoms with Crippen molar-refractivity contribution in [1.29, 1.82) is 0 Å². The Hall–Kier alpha value is -3.23. The lowest BCUT2D eigenvalue weighted by molar-refractivity contribution is -0.117. The number of rotatable bonds is 4. The van der Waals surface area contributed by atoms with Crippen LogP contribution in [0.1, 0.15) is 25.0 Å². The Morgan fingerprint density at radius 2 is 1.87 bits per heavy atom. The van der Waals surface area contributed by atoms with Crippen molar-refractivity contribution in [3.8, 4) is 0 Å². The first-order chi connectivity index (χ1) is 14.9.